The SMILES string of the molecule is CNC(=O)C(C)(C)CNCC(C)(O)C(C)C. The Bertz CT molecular complexity index is 235. The second kappa shape index (κ2) is 5.64. The van der Waals surface area contributed by atoms with Crippen molar-refractivity contribution in [3.8, 4) is 0 Å². The summed E-state index contributed by atoms with van der Waals surface area (Å²) in [6.07, 6.45) is 0. The topological polar surface area (TPSA) is 61.4 Å². The van der Waals surface area contributed by atoms with Crippen molar-refractivity contribution < 1.29 is 9.90 Å². The number of carbonyl (C=O) groups is 1. The van der Waals surface area contributed by atoms with Gasteiger partial charge in [0.1, 0.15) is 0 Å². The molecular weight excluding hydrogens is 204 g/mol. The van der Waals surface area contributed by atoms with E-state index in [1.165, 1.54) is 0 Å². The summed E-state index contributed by atoms with van der Waals surface area (Å²) >= 11 is 0. The summed E-state index contributed by atoms with van der Waals surface area (Å²) < 4.78 is 0. The van der Waals surface area contributed by atoms with Crippen molar-refractivity contribution in [1.29, 1.82) is 0 Å². The van der Waals surface area contributed by atoms with Gasteiger partial charge in [-0.2, -0.15) is 0 Å². The van der Waals surface area contributed by atoms with Gasteiger partial charge in [0.2, 0.25) is 5.91 Å². The Morgan fingerprint density at radius 1 is 1.25 bits per heavy atom. The molecule has 0 aromatic heterocycles. The predicted octanol–water partition coefficient (Wildman–Crippen LogP) is 0.755. The van der Waals surface area contributed by atoms with Crippen molar-refractivity contribution in [3.05, 3.63) is 0 Å². The number of aliphatic hydroxyl groups is 1. The van der Waals surface area contributed by atoms with Crippen LogP contribution in [-0.2, 0) is 4.79 Å². The maximum absolute atomic E-state index is 11.5. The first kappa shape index (κ1) is 15.4. The molecule has 0 saturated carbocycles. The molecule has 0 aromatic carbocycles. The van der Waals surface area contributed by atoms with Gasteiger partial charge in [0, 0.05) is 20.1 Å². The van der Waals surface area contributed by atoms with Crippen LogP contribution >= 0.6 is 0 Å². The molecule has 0 bridgehead atoms. The molecule has 0 aliphatic heterocycles. The van der Waals surface area contributed by atoms with E-state index in [9.17, 15) is 9.90 Å². The van der Waals surface area contributed by atoms with Gasteiger partial charge in [0.15, 0.2) is 0 Å². The molecule has 1 unspecified atom stereocenters. The van der Waals surface area contributed by atoms with Crippen molar-refractivity contribution in [2.75, 3.05) is 20.1 Å². The molecule has 0 radical (unpaired) electrons. The number of nitrogens with one attached hydrogen (secondary N) is 2. The van der Waals surface area contributed by atoms with Gasteiger partial charge in [0.25, 0.3) is 0 Å². The van der Waals surface area contributed by atoms with E-state index in [0.29, 0.717) is 13.1 Å². The lowest BCUT2D eigenvalue weighted by molar-refractivity contribution is -0.128. The minimum absolute atomic E-state index is 0.00388. The third-order valence-corrected chi connectivity index (χ3v) is 3.14. The number of hydrogen-bond acceptors (Lipinski definition) is 3. The van der Waals surface area contributed by atoms with E-state index < -0.39 is 11.0 Å². The second-order valence-corrected chi connectivity index (χ2v) is 5.58. The minimum atomic E-state index is -0.737. The minimum Gasteiger partial charge on any atom is -0.389 e. The van der Waals surface area contributed by atoms with Crippen LogP contribution in [0.25, 0.3) is 0 Å². The lowest BCUT2D eigenvalue weighted by Crippen LogP contribution is -2.48. The molecule has 4 heteroatoms. The van der Waals surface area contributed by atoms with Crippen LogP contribution in [0.1, 0.15) is 34.6 Å². The van der Waals surface area contributed by atoms with Gasteiger partial charge in [-0.3, -0.25) is 4.79 Å². The predicted molar refractivity (Wildman–Crippen MR) is 66.2 cm³/mol. The molecule has 3 N–H and O–H groups in total. The highest BCUT2D eigenvalue weighted by molar-refractivity contribution is 5.81. The zero-order valence-corrected chi connectivity index (χ0v) is 11.3. The Labute approximate surface area is 98.8 Å². The smallest absolute Gasteiger partial charge is 0.226 e. The van der Waals surface area contributed by atoms with Crippen molar-refractivity contribution in [3.63, 3.8) is 0 Å². The van der Waals surface area contributed by atoms with Crippen LogP contribution in [0.15, 0.2) is 0 Å². The van der Waals surface area contributed by atoms with Crippen LogP contribution in [0.5, 0.6) is 0 Å². The van der Waals surface area contributed by atoms with E-state index in [-0.39, 0.29) is 11.8 Å². The van der Waals surface area contributed by atoms with Gasteiger partial charge >= 0.3 is 0 Å². The van der Waals surface area contributed by atoms with E-state index in [0.717, 1.165) is 0 Å². The first-order valence-electron chi connectivity index (χ1n) is 5.79. The number of rotatable bonds is 6. The fourth-order valence-electron chi connectivity index (χ4n) is 1.25. The molecule has 0 spiro atoms. The Hall–Kier alpha value is -0.610. The second-order valence-electron chi connectivity index (χ2n) is 5.58. The van der Waals surface area contributed by atoms with Crippen molar-refractivity contribution >= 4 is 5.91 Å². The summed E-state index contributed by atoms with van der Waals surface area (Å²) in [5.74, 6) is 0.187. The van der Waals surface area contributed by atoms with Crippen LogP contribution in [0.3, 0.4) is 0 Å². The highest BCUT2D eigenvalue weighted by Crippen LogP contribution is 2.17. The fraction of sp³-hybridized carbons (Fsp3) is 0.917. The average Bonchev–Trinajstić information content (AvgIpc) is 2.15. The third-order valence-electron chi connectivity index (χ3n) is 3.14. The molecule has 0 fully saturated rings. The van der Waals surface area contributed by atoms with Crippen LogP contribution in [0, 0.1) is 11.3 Å². The Morgan fingerprint density at radius 2 is 1.75 bits per heavy atom. The van der Waals surface area contributed by atoms with Gasteiger partial charge in [-0.1, -0.05) is 13.8 Å². The van der Waals surface area contributed by atoms with Crippen molar-refractivity contribution in [2.45, 2.75) is 40.2 Å². The molecule has 96 valence electrons. The molecule has 0 rings (SSSR count). The summed E-state index contributed by atoms with van der Waals surface area (Å²) in [4.78, 5) is 11.5. The van der Waals surface area contributed by atoms with Crippen molar-refractivity contribution in [2.24, 2.45) is 11.3 Å². The fourth-order valence-corrected chi connectivity index (χ4v) is 1.25. The van der Waals surface area contributed by atoms with Gasteiger partial charge in [-0.25, -0.2) is 0 Å². The van der Waals surface area contributed by atoms with Gasteiger partial charge in [-0.05, 0) is 26.7 Å². The van der Waals surface area contributed by atoms with E-state index in [1.54, 1.807) is 14.0 Å². The van der Waals surface area contributed by atoms with Crippen LogP contribution in [0.2, 0.25) is 0 Å². The Morgan fingerprint density at radius 3 is 2.12 bits per heavy atom. The Balaban J connectivity index is 4.13. The van der Waals surface area contributed by atoms with Gasteiger partial charge < -0.3 is 15.7 Å². The van der Waals surface area contributed by atoms with Crippen LogP contribution in [0.4, 0.5) is 0 Å². The molecule has 1 amide bonds. The molecule has 0 heterocycles. The summed E-state index contributed by atoms with van der Waals surface area (Å²) in [6, 6.07) is 0. The van der Waals surface area contributed by atoms with Crippen molar-refractivity contribution in [1.82, 2.24) is 10.6 Å². The van der Waals surface area contributed by atoms with Crippen LogP contribution in [-0.4, -0.2) is 36.8 Å². The van der Waals surface area contributed by atoms with E-state index in [2.05, 4.69) is 10.6 Å². The summed E-state index contributed by atoms with van der Waals surface area (Å²) in [7, 11) is 1.63. The first-order chi connectivity index (χ1) is 7.13. The molecule has 0 saturated heterocycles. The number of carbonyl (C=O) groups excluding carboxylic acids is 1. The Kier molecular flexibility index (Phi) is 5.42. The highest BCUT2D eigenvalue weighted by Gasteiger charge is 2.29. The monoisotopic (exact) mass is 230 g/mol. The van der Waals surface area contributed by atoms with E-state index in [1.807, 2.05) is 27.7 Å². The maximum atomic E-state index is 11.5. The molecule has 0 aromatic rings. The molecule has 16 heavy (non-hydrogen) atoms. The lowest BCUT2D eigenvalue weighted by Gasteiger charge is -2.30. The highest BCUT2D eigenvalue weighted by atomic mass is 16.3. The third kappa shape index (κ3) is 4.49. The summed E-state index contributed by atoms with van der Waals surface area (Å²) in [5, 5.41) is 15.8. The standard InChI is InChI=1S/C12H26N2O2/c1-9(2)12(5,16)8-14-7-11(3,4)10(15)13-6/h9,14,16H,7-8H2,1-6H3,(H,13,15). The molecular formula is C12H26N2O2. The quantitative estimate of drug-likeness (QED) is 0.631. The zero-order chi connectivity index (χ0) is 13.0. The number of hydrogen-bond donors (Lipinski definition) is 3. The largest absolute Gasteiger partial charge is 0.389 e. The van der Waals surface area contributed by atoms with Gasteiger partial charge in [0.05, 0.1) is 11.0 Å². The normalized spacial score (nSPS) is 16.0. The summed E-state index contributed by atoms with van der Waals surface area (Å²) in [6.45, 7) is 10.6. The van der Waals surface area contributed by atoms with Crippen LogP contribution < -0.4 is 10.6 Å². The average molecular weight is 230 g/mol. The van der Waals surface area contributed by atoms with E-state index >= 15 is 0 Å². The lowest BCUT2D eigenvalue weighted by atomic mass is 9.90. The molecule has 0 aliphatic rings. The zero-order valence-electron chi connectivity index (χ0n) is 11.3. The molecule has 4 nitrogen and oxygen atoms in total. The molecule has 1 atom stereocenters. The first-order valence-corrected chi connectivity index (χ1v) is 5.79. The molecule has 0 aliphatic carbocycles. The van der Waals surface area contributed by atoms with Gasteiger partial charge in [-0.15, -0.1) is 0 Å². The summed E-state index contributed by atoms with van der Waals surface area (Å²) in [5.41, 5.74) is -1.19. The maximum Gasteiger partial charge on any atom is 0.226 e. The van der Waals surface area contributed by atoms with E-state index in [4.69, 9.17) is 0 Å². The number of amides is 1.